The molecular weight excluding hydrogens is 486 g/mol. The molecule has 1 aromatic carbocycles. The Hall–Kier alpha value is -4.05. The molecule has 0 fully saturated rings. The maximum atomic E-state index is 13.0. The van der Waals surface area contributed by atoms with Crippen LogP contribution in [0.3, 0.4) is 0 Å². The molecule has 10 heteroatoms. The van der Waals surface area contributed by atoms with Crippen molar-refractivity contribution in [2.75, 3.05) is 6.54 Å². The van der Waals surface area contributed by atoms with Gasteiger partial charge in [0.1, 0.15) is 11.5 Å². The van der Waals surface area contributed by atoms with E-state index in [0.717, 1.165) is 11.3 Å². The van der Waals surface area contributed by atoms with E-state index >= 15 is 0 Å². The van der Waals surface area contributed by atoms with E-state index in [9.17, 15) is 19.5 Å². The van der Waals surface area contributed by atoms with Crippen LogP contribution in [0.25, 0.3) is 0 Å². The number of aromatic amines is 1. The number of carbonyl (C=O) groups excluding carboxylic acids is 2. The van der Waals surface area contributed by atoms with E-state index < -0.39 is 29.4 Å². The summed E-state index contributed by atoms with van der Waals surface area (Å²) in [5, 5.41) is 12.9. The van der Waals surface area contributed by atoms with Crippen molar-refractivity contribution in [1.82, 2.24) is 25.2 Å². The monoisotopic (exact) mass is 521 g/mol. The summed E-state index contributed by atoms with van der Waals surface area (Å²) in [6.07, 6.45) is 5.26. The number of amides is 1. The van der Waals surface area contributed by atoms with Gasteiger partial charge in [0.25, 0.3) is 0 Å². The zero-order valence-corrected chi connectivity index (χ0v) is 22.0. The number of benzene rings is 1. The minimum Gasteiger partial charge on any atom is -0.481 e. The van der Waals surface area contributed by atoms with Crippen LogP contribution >= 0.6 is 0 Å². The molecule has 0 saturated carbocycles. The highest BCUT2D eigenvalue weighted by atomic mass is 16.6. The van der Waals surface area contributed by atoms with E-state index in [1.165, 1.54) is 0 Å². The Morgan fingerprint density at radius 2 is 1.87 bits per heavy atom. The van der Waals surface area contributed by atoms with Gasteiger partial charge in [-0.1, -0.05) is 30.3 Å². The zero-order chi connectivity index (χ0) is 27.5. The van der Waals surface area contributed by atoms with Crippen LogP contribution in [0, 0.1) is 5.92 Å². The molecular formula is C28H35N5O5. The number of aromatic nitrogens is 3. The number of rotatable bonds is 13. The second-order valence-electron chi connectivity index (χ2n) is 10.0. The summed E-state index contributed by atoms with van der Waals surface area (Å²) in [6, 6.07) is 12.2. The van der Waals surface area contributed by atoms with Gasteiger partial charge < -0.3 is 20.1 Å². The van der Waals surface area contributed by atoms with Gasteiger partial charge in [-0.05, 0) is 57.9 Å². The first-order chi connectivity index (χ1) is 18.1. The average molecular weight is 522 g/mol. The van der Waals surface area contributed by atoms with Gasteiger partial charge in [-0.3, -0.25) is 19.5 Å². The molecule has 1 atom stereocenters. The number of carboxylic acids is 1. The quantitative estimate of drug-likeness (QED) is 0.173. The predicted molar refractivity (Wildman–Crippen MR) is 141 cm³/mol. The van der Waals surface area contributed by atoms with E-state index in [1.54, 1.807) is 74.7 Å². The SMILES string of the molecule is CC(C)(C)OC(=O)N(Cc1ccc(C(=O)C(CCCNCc2cnc[nH]2)C(=O)O)cc1)Cc1ccccn1. The van der Waals surface area contributed by atoms with Crippen LogP contribution in [0.1, 0.15) is 60.9 Å². The van der Waals surface area contributed by atoms with Crippen molar-refractivity contribution in [3.8, 4) is 0 Å². The number of ether oxygens (including phenoxy) is 1. The minimum atomic E-state index is -1.14. The first-order valence-electron chi connectivity index (χ1n) is 12.5. The standard InChI is InChI=1S/C28H35N5O5/c1-28(2,3)38-27(37)33(18-22-7-4-5-14-31-22)17-20-9-11-21(12-10-20)25(34)24(26(35)36)8-6-13-29-15-23-16-30-19-32-23/h4-5,7,9-12,14,16,19,24,29H,6,8,13,15,17-18H2,1-3H3,(H,30,32)(H,35,36). The molecule has 3 N–H and O–H groups in total. The lowest BCUT2D eigenvalue weighted by Crippen LogP contribution is -2.36. The molecule has 202 valence electrons. The number of nitrogens with one attached hydrogen (secondary N) is 2. The van der Waals surface area contributed by atoms with Crippen molar-refractivity contribution < 1.29 is 24.2 Å². The van der Waals surface area contributed by atoms with Gasteiger partial charge in [-0.15, -0.1) is 0 Å². The summed E-state index contributed by atoms with van der Waals surface area (Å²) in [6.45, 7) is 7.07. The summed E-state index contributed by atoms with van der Waals surface area (Å²) in [5.41, 5.74) is 2.09. The van der Waals surface area contributed by atoms with Gasteiger partial charge in [0.05, 0.1) is 18.6 Å². The number of imidazole rings is 1. The Morgan fingerprint density at radius 3 is 2.47 bits per heavy atom. The number of ketones is 1. The molecule has 0 aliphatic carbocycles. The Morgan fingerprint density at radius 1 is 1.11 bits per heavy atom. The molecule has 0 spiro atoms. The van der Waals surface area contributed by atoms with Crippen molar-refractivity contribution in [2.24, 2.45) is 5.92 Å². The maximum Gasteiger partial charge on any atom is 0.410 e. The Kier molecular flexibility index (Phi) is 10.1. The average Bonchev–Trinajstić information content (AvgIpc) is 3.39. The number of H-pyrrole nitrogens is 1. The normalized spacial score (nSPS) is 12.1. The van der Waals surface area contributed by atoms with Crippen LogP contribution in [0.2, 0.25) is 0 Å². The lowest BCUT2D eigenvalue weighted by atomic mass is 9.93. The lowest BCUT2D eigenvalue weighted by molar-refractivity contribution is -0.140. The van der Waals surface area contributed by atoms with Gasteiger partial charge in [0.2, 0.25) is 0 Å². The molecule has 2 heterocycles. The molecule has 0 radical (unpaired) electrons. The largest absolute Gasteiger partial charge is 0.481 e. The molecule has 10 nitrogen and oxygen atoms in total. The summed E-state index contributed by atoms with van der Waals surface area (Å²) in [5.74, 6) is -2.70. The van der Waals surface area contributed by atoms with Crippen LogP contribution in [-0.4, -0.2) is 54.9 Å². The second-order valence-corrected chi connectivity index (χ2v) is 10.0. The van der Waals surface area contributed by atoms with Crippen molar-refractivity contribution >= 4 is 17.8 Å². The summed E-state index contributed by atoms with van der Waals surface area (Å²) in [7, 11) is 0. The fraction of sp³-hybridized carbons (Fsp3) is 0.393. The molecule has 2 aromatic heterocycles. The number of hydrogen-bond acceptors (Lipinski definition) is 7. The highest BCUT2D eigenvalue weighted by molar-refractivity contribution is 6.08. The number of hydrogen-bond donors (Lipinski definition) is 3. The van der Waals surface area contributed by atoms with Crippen molar-refractivity contribution in [3.63, 3.8) is 0 Å². The Labute approximate surface area is 222 Å². The highest BCUT2D eigenvalue weighted by Crippen LogP contribution is 2.19. The predicted octanol–water partition coefficient (Wildman–Crippen LogP) is 4.20. The third-order valence-electron chi connectivity index (χ3n) is 5.67. The number of nitrogens with zero attached hydrogens (tertiary/aromatic N) is 3. The lowest BCUT2D eigenvalue weighted by Gasteiger charge is -2.27. The number of aliphatic carboxylic acids is 1. The maximum absolute atomic E-state index is 13.0. The van der Waals surface area contributed by atoms with E-state index in [4.69, 9.17) is 4.74 Å². The second kappa shape index (κ2) is 13.5. The van der Waals surface area contributed by atoms with Crippen molar-refractivity contribution in [1.29, 1.82) is 0 Å². The third kappa shape index (κ3) is 9.11. The minimum absolute atomic E-state index is 0.225. The zero-order valence-electron chi connectivity index (χ0n) is 22.0. The number of carboxylic acid groups (broad SMARTS) is 1. The molecule has 3 rings (SSSR count). The van der Waals surface area contributed by atoms with Crippen LogP contribution in [-0.2, 0) is 29.2 Å². The fourth-order valence-corrected chi connectivity index (χ4v) is 3.80. The molecule has 38 heavy (non-hydrogen) atoms. The molecule has 1 unspecified atom stereocenters. The van der Waals surface area contributed by atoms with Gasteiger partial charge in [-0.2, -0.15) is 0 Å². The topological polar surface area (TPSA) is 138 Å². The molecule has 1 amide bonds. The van der Waals surface area contributed by atoms with E-state index in [-0.39, 0.29) is 19.5 Å². The van der Waals surface area contributed by atoms with E-state index in [0.29, 0.717) is 30.8 Å². The first-order valence-corrected chi connectivity index (χ1v) is 12.5. The summed E-state index contributed by atoms with van der Waals surface area (Å²) >= 11 is 0. The van der Waals surface area contributed by atoms with Gasteiger partial charge >= 0.3 is 12.1 Å². The van der Waals surface area contributed by atoms with Gasteiger partial charge in [0, 0.05) is 36.7 Å². The number of pyridine rings is 1. The molecule has 0 saturated heterocycles. The molecule has 0 aliphatic heterocycles. The fourth-order valence-electron chi connectivity index (χ4n) is 3.80. The van der Waals surface area contributed by atoms with E-state index in [2.05, 4.69) is 20.3 Å². The number of Topliss-reactive ketones (excluding diaryl/α,β-unsaturated/α-hetero) is 1. The van der Waals surface area contributed by atoms with Crippen molar-refractivity contribution in [3.05, 3.63) is 83.7 Å². The molecule has 0 bridgehead atoms. The van der Waals surface area contributed by atoms with Gasteiger partial charge in [0.15, 0.2) is 5.78 Å². The third-order valence-corrected chi connectivity index (χ3v) is 5.67. The molecule has 0 aliphatic rings. The molecule has 3 aromatic rings. The van der Waals surface area contributed by atoms with Crippen molar-refractivity contribution in [2.45, 2.75) is 58.8 Å². The smallest absolute Gasteiger partial charge is 0.410 e. The van der Waals surface area contributed by atoms with Gasteiger partial charge in [-0.25, -0.2) is 9.78 Å². The first kappa shape index (κ1) is 28.5. The Bertz CT molecular complexity index is 1170. The Balaban J connectivity index is 1.61. The summed E-state index contributed by atoms with van der Waals surface area (Å²) < 4.78 is 5.57. The van der Waals surface area contributed by atoms with Crippen LogP contribution in [0.4, 0.5) is 4.79 Å². The van der Waals surface area contributed by atoms with Crippen LogP contribution in [0.5, 0.6) is 0 Å². The summed E-state index contributed by atoms with van der Waals surface area (Å²) in [4.78, 5) is 50.4. The van der Waals surface area contributed by atoms with E-state index in [1.807, 2.05) is 12.1 Å². The van der Waals surface area contributed by atoms with Crippen LogP contribution < -0.4 is 5.32 Å². The highest BCUT2D eigenvalue weighted by Gasteiger charge is 2.27. The number of carbonyl (C=O) groups is 3. The van der Waals surface area contributed by atoms with Crippen LogP contribution in [0.15, 0.2) is 61.2 Å².